The number of amides is 1. The number of carbonyl (C=O) groups is 1. The van der Waals surface area contributed by atoms with Gasteiger partial charge in [0.05, 0.1) is 32.6 Å². The lowest BCUT2D eigenvalue weighted by molar-refractivity contribution is -0.274. The minimum atomic E-state index is -4.76. The fourth-order valence-electron chi connectivity index (χ4n) is 3.20. The lowest BCUT2D eigenvalue weighted by Crippen LogP contribution is -2.28. The van der Waals surface area contributed by atoms with Crippen LogP contribution in [0.25, 0.3) is 0 Å². The Morgan fingerprint density at radius 1 is 1.00 bits per heavy atom. The number of carbonyl (C=O) groups excluding carboxylic acids is 1. The first-order valence-corrected chi connectivity index (χ1v) is 9.87. The average Bonchev–Trinajstić information content (AvgIpc) is 3.07. The number of alkyl halides is 3. The highest BCUT2D eigenvalue weighted by atomic mass is 32.2. The SMILES string of the molecule is COc1ccc(OC)c(C2SCC(=O)N2Cc2ccc(OC(F)(F)F)cc2)c1OC. The Hall–Kier alpha value is -2.75. The molecule has 1 unspecified atom stereocenters. The van der Waals surface area contributed by atoms with Crippen molar-refractivity contribution in [3.05, 3.63) is 47.5 Å². The first-order valence-electron chi connectivity index (χ1n) is 8.82. The summed E-state index contributed by atoms with van der Waals surface area (Å²) in [6.45, 7) is 0.201. The summed E-state index contributed by atoms with van der Waals surface area (Å²) in [6, 6.07) is 8.88. The lowest BCUT2D eigenvalue weighted by Gasteiger charge is -2.27. The highest BCUT2D eigenvalue weighted by Gasteiger charge is 2.37. The Bertz CT molecular complexity index is 905. The number of hydrogen-bond donors (Lipinski definition) is 0. The van der Waals surface area contributed by atoms with E-state index in [1.807, 2.05) is 0 Å². The van der Waals surface area contributed by atoms with Gasteiger partial charge in [0.2, 0.25) is 5.91 Å². The van der Waals surface area contributed by atoms with Crippen LogP contribution in [0.15, 0.2) is 36.4 Å². The molecule has 0 bridgehead atoms. The van der Waals surface area contributed by atoms with Gasteiger partial charge < -0.3 is 23.8 Å². The molecule has 1 amide bonds. The Labute approximate surface area is 175 Å². The summed E-state index contributed by atoms with van der Waals surface area (Å²) < 4.78 is 57.3. The first kappa shape index (κ1) is 21.9. The van der Waals surface area contributed by atoms with Crippen LogP contribution in [0.4, 0.5) is 13.2 Å². The summed E-state index contributed by atoms with van der Waals surface area (Å²) in [5.41, 5.74) is 1.32. The van der Waals surface area contributed by atoms with E-state index in [-0.39, 0.29) is 24.0 Å². The molecule has 2 aromatic rings. The van der Waals surface area contributed by atoms with Crippen molar-refractivity contribution in [3.8, 4) is 23.0 Å². The molecule has 1 atom stereocenters. The number of hydrogen-bond acceptors (Lipinski definition) is 6. The standard InChI is InChI=1S/C20H20F3NO5S/c1-26-14-8-9-15(27-2)18(28-3)17(14)19-24(16(25)11-30-19)10-12-4-6-13(7-5-12)29-20(21,22)23/h4-9,19H,10-11H2,1-3H3. The number of thioether (sulfide) groups is 1. The molecule has 0 saturated carbocycles. The van der Waals surface area contributed by atoms with Crippen LogP contribution in [0.2, 0.25) is 0 Å². The minimum absolute atomic E-state index is 0.104. The van der Waals surface area contributed by atoms with E-state index in [1.165, 1.54) is 57.4 Å². The molecule has 1 heterocycles. The summed E-state index contributed by atoms with van der Waals surface area (Å²) >= 11 is 1.41. The van der Waals surface area contributed by atoms with Crippen LogP contribution in [-0.2, 0) is 11.3 Å². The Kier molecular flexibility index (Phi) is 6.55. The maximum atomic E-state index is 12.6. The molecule has 1 aliphatic heterocycles. The van der Waals surface area contributed by atoms with Gasteiger partial charge in [-0.3, -0.25) is 4.79 Å². The van der Waals surface area contributed by atoms with E-state index < -0.39 is 11.7 Å². The lowest BCUT2D eigenvalue weighted by atomic mass is 10.1. The summed E-state index contributed by atoms with van der Waals surface area (Å²) in [5.74, 6) is 1.33. The van der Waals surface area contributed by atoms with E-state index in [4.69, 9.17) is 14.2 Å². The molecule has 6 nitrogen and oxygen atoms in total. The Morgan fingerprint density at radius 2 is 1.63 bits per heavy atom. The molecule has 162 valence electrons. The zero-order valence-electron chi connectivity index (χ0n) is 16.5. The summed E-state index contributed by atoms with van der Waals surface area (Å²) in [4.78, 5) is 14.2. The topological polar surface area (TPSA) is 57.2 Å². The van der Waals surface area contributed by atoms with Gasteiger partial charge in [-0.15, -0.1) is 24.9 Å². The summed E-state index contributed by atoms with van der Waals surface area (Å²) in [5, 5.41) is -0.413. The molecule has 0 N–H and O–H groups in total. The van der Waals surface area contributed by atoms with Crippen LogP contribution in [0, 0.1) is 0 Å². The van der Waals surface area contributed by atoms with Crippen molar-refractivity contribution in [2.45, 2.75) is 18.3 Å². The van der Waals surface area contributed by atoms with E-state index in [0.29, 0.717) is 28.4 Å². The van der Waals surface area contributed by atoms with Crippen LogP contribution in [0.3, 0.4) is 0 Å². The van der Waals surface area contributed by atoms with Crippen LogP contribution in [-0.4, -0.2) is 44.3 Å². The number of halogens is 3. The molecule has 1 saturated heterocycles. The quantitative estimate of drug-likeness (QED) is 0.633. The summed E-state index contributed by atoms with van der Waals surface area (Å²) in [7, 11) is 4.55. The van der Waals surface area contributed by atoms with Crippen molar-refractivity contribution in [1.29, 1.82) is 0 Å². The molecular formula is C20H20F3NO5S. The third-order valence-corrected chi connectivity index (χ3v) is 5.71. The molecule has 0 spiro atoms. The number of methoxy groups -OCH3 is 3. The van der Waals surface area contributed by atoms with Crippen molar-refractivity contribution in [2.24, 2.45) is 0 Å². The van der Waals surface area contributed by atoms with E-state index >= 15 is 0 Å². The number of rotatable bonds is 7. The second-order valence-electron chi connectivity index (χ2n) is 6.29. The fourth-order valence-corrected chi connectivity index (χ4v) is 4.43. The van der Waals surface area contributed by atoms with Gasteiger partial charge >= 0.3 is 6.36 Å². The van der Waals surface area contributed by atoms with Gasteiger partial charge in [-0.1, -0.05) is 12.1 Å². The second kappa shape index (κ2) is 8.95. The van der Waals surface area contributed by atoms with Gasteiger partial charge in [-0.2, -0.15) is 0 Å². The molecule has 3 rings (SSSR count). The van der Waals surface area contributed by atoms with Crippen molar-refractivity contribution >= 4 is 17.7 Å². The molecule has 1 fully saturated rings. The number of benzene rings is 2. The molecule has 0 aromatic heterocycles. The normalized spacial score (nSPS) is 16.5. The van der Waals surface area contributed by atoms with E-state index in [9.17, 15) is 18.0 Å². The van der Waals surface area contributed by atoms with E-state index in [2.05, 4.69) is 4.74 Å². The summed E-state index contributed by atoms with van der Waals surface area (Å²) in [6.07, 6.45) is -4.76. The van der Waals surface area contributed by atoms with Gasteiger partial charge in [0.15, 0.2) is 11.5 Å². The Morgan fingerprint density at radius 3 is 2.20 bits per heavy atom. The highest BCUT2D eigenvalue weighted by Crippen LogP contribution is 2.50. The van der Waals surface area contributed by atoms with Gasteiger partial charge in [0.1, 0.15) is 16.9 Å². The van der Waals surface area contributed by atoms with Crippen LogP contribution in [0.5, 0.6) is 23.0 Å². The third kappa shape index (κ3) is 4.69. The maximum Gasteiger partial charge on any atom is 0.573 e. The van der Waals surface area contributed by atoms with Crippen LogP contribution >= 0.6 is 11.8 Å². The maximum absolute atomic E-state index is 12.6. The zero-order valence-corrected chi connectivity index (χ0v) is 17.3. The molecule has 30 heavy (non-hydrogen) atoms. The van der Waals surface area contributed by atoms with Crippen molar-refractivity contribution in [2.75, 3.05) is 27.1 Å². The van der Waals surface area contributed by atoms with E-state index in [1.54, 1.807) is 17.0 Å². The van der Waals surface area contributed by atoms with Gasteiger partial charge in [-0.25, -0.2) is 0 Å². The van der Waals surface area contributed by atoms with Crippen LogP contribution in [0.1, 0.15) is 16.5 Å². The van der Waals surface area contributed by atoms with E-state index in [0.717, 1.165) is 0 Å². The van der Waals surface area contributed by atoms with Crippen molar-refractivity contribution < 1.29 is 36.9 Å². The van der Waals surface area contributed by atoms with Gasteiger partial charge in [-0.05, 0) is 29.8 Å². The highest BCUT2D eigenvalue weighted by molar-refractivity contribution is 8.00. The molecule has 1 aliphatic rings. The molecular weight excluding hydrogens is 423 g/mol. The molecule has 0 radical (unpaired) electrons. The number of ether oxygens (including phenoxy) is 4. The van der Waals surface area contributed by atoms with Gasteiger partial charge in [0.25, 0.3) is 0 Å². The molecule has 10 heteroatoms. The molecule has 0 aliphatic carbocycles. The van der Waals surface area contributed by atoms with Crippen molar-refractivity contribution in [3.63, 3.8) is 0 Å². The Balaban J connectivity index is 1.90. The molecule has 2 aromatic carbocycles. The predicted molar refractivity (Wildman–Crippen MR) is 105 cm³/mol. The first-order chi connectivity index (χ1) is 14.3. The van der Waals surface area contributed by atoms with Crippen molar-refractivity contribution in [1.82, 2.24) is 4.90 Å². The minimum Gasteiger partial charge on any atom is -0.496 e. The predicted octanol–water partition coefficient (Wildman–Crippen LogP) is 4.39. The number of nitrogens with zero attached hydrogens (tertiary/aromatic N) is 1. The largest absolute Gasteiger partial charge is 0.573 e. The third-order valence-electron chi connectivity index (χ3n) is 4.49. The van der Waals surface area contributed by atoms with Crippen LogP contribution < -0.4 is 18.9 Å². The monoisotopic (exact) mass is 443 g/mol. The average molecular weight is 443 g/mol. The smallest absolute Gasteiger partial charge is 0.496 e. The fraction of sp³-hybridized carbons (Fsp3) is 0.350. The zero-order chi connectivity index (χ0) is 21.9. The second-order valence-corrected chi connectivity index (χ2v) is 7.36. The van der Waals surface area contributed by atoms with Gasteiger partial charge in [0, 0.05) is 6.54 Å².